The number of benzene rings is 7. The van der Waals surface area contributed by atoms with E-state index >= 15 is 0 Å². The normalized spacial score (nSPS) is 13.4. The third-order valence-corrected chi connectivity index (χ3v) is 14.8. The van der Waals surface area contributed by atoms with Crippen LogP contribution >= 0.6 is 0 Å². The molecule has 3 heterocycles. The number of hydrogen-bond acceptors (Lipinski definition) is 4. The molecule has 0 unspecified atom stereocenters. The molecule has 0 radical (unpaired) electrons. The van der Waals surface area contributed by atoms with E-state index in [-0.39, 0.29) is 48.1 Å². The average Bonchev–Trinajstić information content (AvgIpc) is 3.89. The first-order valence-corrected chi connectivity index (χ1v) is 25.1. The fourth-order valence-electron chi connectivity index (χ4n) is 9.99. The minimum atomic E-state index is -0.241. The number of pyridine rings is 1. The second kappa shape index (κ2) is 18.6. The Labute approximate surface area is 443 Å². The van der Waals surface area contributed by atoms with Crippen molar-refractivity contribution in [3.05, 3.63) is 222 Å². The number of hydrogen-bond donors (Lipinski definition) is 0. The van der Waals surface area contributed by atoms with Crippen molar-refractivity contribution >= 4 is 44.6 Å². The van der Waals surface area contributed by atoms with Gasteiger partial charge in [0.15, 0.2) is 0 Å². The Morgan fingerprint density at radius 2 is 1.03 bits per heavy atom. The van der Waals surface area contributed by atoms with Crippen molar-refractivity contribution < 1.29 is 25.8 Å². The van der Waals surface area contributed by atoms with Crippen LogP contribution in [0.2, 0.25) is 0 Å². The van der Waals surface area contributed by atoms with Gasteiger partial charge in [0.05, 0.1) is 0 Å². The molecule has 7 aromatic carbocycles. The van der Waals surface area contributed by atoms with E-state index in [4.69, 9.17) is 9.72 Å². The van der Waals surface area contributed by atoms with Gasteiger partial charge < -0.3 is 19.1 Å². The molecule has 9 aromatic rings. The third kappa shape index (κ3) is 9.42. The fourth-order valence-corrected chi connectivity index (χ4v) is 9.99. The van der Waals surface area contributed by atoms with Crippen molar-refractivity contribution in [2.45, 2.75) is 117 Å². The Kier molecular flexibility index (Phi) is 13.0. The molecule has 0 saturated heterocycles. The first kappa shape index (κ1) is 50.5. The van der Waals surface area contributed by atoms with Gasteiger partial charge in [0.1, 0.15) is 5.82 Å². The van der Waals surface area contributed by atoms with Gasteiger partial charge >= 0.3 is 0 Å². The summed E-state index contributed by atoms with van der Waals surface area (Å²) in [7, 11) is 0. The van der Waals surface area contributed by atoms with Gasteiger partial charge in [0, 0.05) is 72.2 Å². The molecule has 10 rings (SSSR count). The van der Waals surface area contributed by atoms with Gasteiger partial charge in [0.2, 0.25) is 0 Å². The largest absolute Gasteiger partial charge is 0.509 e. The summed E-state index contributed by atoms with van der Waals surface area (Å²) in [6, 6.07) is 64.8. The van der Waals surface area contributed by atoms with Crippen LogP contribution in [0.1, 0.15) is 129 Å². The van der Waals surface area contributed by atoms with Crippen LogP contribution in [-0.2, 0) is 48.1 Å². The number of fused-ring (bicyclic) bond motifs is 4. The Balaban J connectivity index is 0.00000640. The maximum Gasteiger partial charge on any atom is 0.135 e. The molecule has 72 heavy (non-hydrogen) atoms. The summed E-state index contributed by atoms with van der Waals surface area (Å²) in [6.45, 7) is 31.8. The molecule has 0 atom stereocenters. The molecule has 0 aliphatic carbocycles. The van der Waals surface area contributed by atoms with Crippen LogP contribution in [0.4, 0.5) is 22.7 Å². The first-order valence-electron chi connectivity index (χ1n) is 25.1. The van der Waals surface area contributed by atoms with Crippen molar-refractivity contribution in [3.63, 3.8) is 0 Å². The second-order valence-electron chi connectivity index (χ2n) is 23.6. The molecule has 1 aliphatic rings. The smallest absolute Gasteiger partial charge is 0.135 e. The van der Waals surface area contributed by atoms with Gasteiger partial charge in [-0.1, -0.05) is 187 Å². The van der Waals surface area contributed by atoms with E-state index in [0.29, 0.717) is 11.5 Å². The van der Waals surface area contributed by atoms with E-state index in [2.05, 4.69) is 275 Å². The monoisotopic (exact) mass is 1130 g/mol. The summed E-state index contributed by atoms with van der Waals surface area (Å²) in [5, 5.41) is 2.25. The third-order valence-electron chi connectivity index (χ3n) is 14.8. The zero-order chi connectivity index (χ0) is 50.3. The predicted octanol–water partition coefficient (Wildman–Crippen LogP) is 17.5. The quantitative estimate of drug-likeness (QED) is 0.135. The van der Waals surface area contributed by atoms with Crippen molar-refractivity contribution in [1.29, 1.82) is 0 Å². The average molecular weight is 1130 g/mol. The number of ether oxygens (including phenoxy) is 1. The molecule has 6 heteroatoms. The summed E-state index contributed by atoms with van der Waals surface area (Å²) < 4.78 is 9.23. The minimum absolute atomic E-state index is 0. The van der Waals surface area contributed by atoms with Crippen LogP contribution < -0.4 is 14.5 Å². The number of aromatic nitrogens is 2. The Morgan fingerprint density at radius 3 is 1.67 bits per heavy atom. The maximum atomic E-state index is 6.97. The molecule has 0 bridgehead atoms. The SMILES string of the molecule is CC(C)(C)c1cc(Oc2[c-]c3c(cc2)c2ccc(C(C)(C)C)cc2n3-c2cc(C(C)(C)C)ccn2)[c-]c(N2[CH-]N(c3cccc(C(C)(C)c4ccccc4)c3)c3cc(C(C)(C)c4ccccc4)ccc32)c1.[Pt]. The number of anilines is 4. The molecule has 0 amide bonds. The molecular formula is C66H67N4OPt-3. The first-order chi connectivity index (χ1) is 33.6. The van der Waals surface area contributed by atoms with Gasteiger partial charge in [-0.2, -0.15) is 6.07 Å². The van der Waals surface area contributed by atoms with Gasteiger partial charge in [-0.15, -0.1) is 53.6 Å². The molecule has 370 valence electrons. The molecular weight excluding hydrogens is 1060 g/mol. The van der Waals surface area contributed by atoms with Gasteiger partial charge in [0.25, 0.3) is 0 Å². The summed E-state index contributed by atoms with van der Waals surface area (Å²) in [5.74, 6) is 2.09. The molecule has 0 N–H and O–H groups in total. The van der Waals surface area contributed by atoms with Crippen LogP contribution in [0, 0.1) is 18.8 Å². The van der Waals surface area contributed by atoms with Crippen molar-refractivity contribution in [2.75, 3.05) is 9.80 Å². The Morgan fingerprint density at radius 1 is 0.444 bits per heavy atom. The zero-order valence-electron chi connectivity index (χ0n) is 44.2. The van der Waals surface area contributed by atoms with Crippen molar-refractivity contribution in [1.82, 2.24) is 9.55 Å². The van der Waals surface area contributed by atoms with Crippen molar-refractivity contribution in [3.8, 4) is 17.3 Å². The molecule has 2 aromatic heterocycles. The summed E-state index contributed by atoms with van der Waals surface area (Å²) >= 11 is 0. The van der Waals surface area contributed by atoms with Gasteiger partial charge in [-0.3, -0.25) is 0 Å². The van der Waals surface area contributed by atoms with E-state index in [9.17, 15) is 0 Å². The summed E-state index contributed by atoms with van der Waals surface area (Å²) in [6.07, 6.45) is 1.93. The topological polar surface area (TPSA) is 33.5 Å². The maximum absolute atomic E-state index is 6.97. The predicted molar refractivity (Wildman–Crippen MR) is 297 cm³/mol. The van der Waals surface area contributed by atoms with Crippen LogP contribution in [0.25, 0.3) is 27.6 Å². The van der Waals surface area contributed by atoms with Gasteiger partial charge in [-0.25, -0.2) is 4.98 Å². The standard InChI is InChI=1S/C66H67N4O.Pt/c1-62(2,3)46-27-30-55-56-31-29-53(42-59(56)70(58(55)38-46)61-40-47(33-34-67-61)63(4,5)6)71-54-37-50(64(7,8)9)36-52(41-54)69-43-68(51-26-20-25-48(35-51)65(10,11)44-21-16-14-17-22-44)60-39-49(28-32-57(60)69)66(12,13)45-23-18-15-19-24-45;/h14-40,43H,1-13H3;/q-3;. The van der Waals surface area contributed by atoms with Crippen LogP contribution in [0.15, 0.2) is 164 Å². The van der Waals surface area contributed by atoms with E-state index in [1.807, 2.05) is 12.3 Å². The van der Waals surface area contributed by atoms with Crippen LogP contribution in [0.5, 0.6) is 11.5 Å². The fraction of sp³-hybridized carbons (Fsp3) is 0.273. The van der Waals surface area contributed by atoms with Crippen molar-refractivity contribution in [2.24, 2.45) is 0 Å². The van der Waals surface area contributed by atoms with E-state index in [1.165, 1.54) is 33.4 Å². The molecule has 1 aliphatic heterocycles. The number of nitrogens with zero attached hydrogens (tertiary/aromatic N) is 4. The Bertz CT molecular complexity index is 3440. The van der Waals surface area contributed by atoms with E-state index in [0.717, 1.165) is 55.9 Å². The summed E-state index contributed by atoms with van der Waals surface area (Å²) in [4.78, 5) is 9.61. The molecule has 0 spiro atoms. The second-order valence-corrected chi connectivity index (χ2v) is 23.6. The molecule has 0 fully saturated rings. The van der Waals surface area contributed by atoms with Crippen LogP contribution in [0.3, 0.4) is 0 Å². The minimum Gasteiger partial charge on any atom is -0.509 e. The van der Waals surface area contributed by atoms with E-state index < -0.39 is 0 Å². The van der Waals surface area contributed by atoms with Gasteiger partial charge in [-0.05, 0) is 97.5 Å². The molecule has 5 nitrogen and oxygen atoms in total. The molecule has 0 saturated carbocycles. The summed E-state index contributed by atoms with van der Waals surface area (Å²) in [5.41, 5.74) is 14.1. The number of rotatable bonds is 9. The Hall–Kier alpha value is -6.42. The van der Waals surface area contributed by atoms with E-state index in [1.54, 1.807) is 0 Å². The zero-order valence-corrected chi connectivity index (χ0v) is 46.5. The van der Waals surface area contributed by atoms with Crippen LogP contribution in [-0.4, -0.2) is 9.55 Å².